The lowest BCUT2D eigenvalue weighted by Gasteiger charge is -1.86. The largest absolute Gasteiger partial charge is 0.392 e. The van der Waals surface area contributed by atoms with Gasteiger partial charge in [0.1, 0.15) is 0 Å². The van der Waals surface area contributed by atoms with Crippen LogP contribution in [0.2, 0.25) is 0 Å². The molecule has 0 aromatic rings. The third-order valence-corrected chi connectivity index (χ3v) is 1.38. The highest BCUT2D eigenvalue weighted by Gasteiger charge is 1.80. The van der Waals surface area contributed by atoms with E-state index < -0.39 is 0 Å². The number of hydrogen-bond acceptors (Lipinski definition) is 1. The second kappa shape index (κ2) is 4.33. The third-order valence-electron chi connectivity index (χ3n) is 0.585. The minimum absolute atomic E-state index is 0.0897. The molecule has 0 aliphatic heterocycles. The molecule has 0 aromatic heterocycles. The molecule has 0 rings (SSSR count). The first-order valence-electron chi connectivity index (χ1n) is 1.87. The summed E-state index contributed by atoms with van der Waals surface area (Å²) in [7, 11) is 0. The van der Waals surface area contributed by atoms with Crippen molar-refractivity contribution in [2.24, 2.45) is 0 Å². The molecule has 0 aliphatic carbocycles. The molecule has 0 unspecified atom stereocenters. The van der Waals surface area contributed by atoms with E-state index in [9.17, 15) is 0 Å². The Morgan fingerprint density at radius 3 is 2.43 bits per heavy atom. The second-order valence-corrected chi connectivity index (χ2v) is 1.67. The molecule has 0 amide bonds. The zero-order chi connectivity index (χ0) is 5.70. The molecule has 1 nitrogen and oxygen atoms in total. The average Bonchev–Trinajstić information content (AvgIpc) is 1.72. The predicted octanol–water partition coefficient (Wildman–Crippen LogP) is 1.48. The lowest BCUT2D eigenvalue weighted by molar-refractivity contribution is 0.335. The summed E-state index contributed by atoms with van der Waals surface area (Å²) in [5.41, 5.74) is 0.862. The van der Waals surface area contributed by atoms with Gasteiger partial charge < -0.3 is 5.11 Å². The first kappa shape index (κ1) is 7.17. The number of aliphatic hydroxyl groups excluding tert-OH is 1. The van der Waals surface area contributed by atoms with E-state index in [0.29, 0.717) is 0 Å². The Hall–Kier alpha value is 0.170. The van der Waals surface area contributed by atoms with Crippen molar-refractivity contribution in [2.75, 3.05) is 6.61 Å². The summed E-state index contributed by atoms with van der Waals surface area (Å²) in [5, 5.41) is 8.38. The Morgan fingerprint density at radius 1 is 1.86 bits per heavy atom. The fourth-order valence-electron chi connectivity index (χ4n) is 0.144. The van der Waals surface area contributed by atoms with Crippen LogP contribution in [0, 0.1) is 0 Å². The highest BCUT2D eigenvalue weighted by Crippen LogP contribution is 1.96. The molecule has 0 spiro atoms. The third kappa shape index (κ3) is 2.82. The summed E-state index contributed by atoms with van der Waals surface area (Å²) in [4.78, 5) is 0. The molecule has 40 valence electrons. The number of rotatable bonds is 2. The molecule has 0 bridgehead atoms. The summed E-state index contributed by atoms with van der Waals surface area (Å²) >= 11 is 2.06. The maximum absolute atomic E-state index is 8.38. The molecule has 0 aliphatic rings. The smallest absolute Gasteiger partial charge is 0.0686 e. The van der Waals surface area contributed by atoms with Gasteiger partial charge in [0.25, 0.3) is 0 Å². The van der Waals surface area contributed by atoms with Gasteiger partial charge in [-0.15, -0.1) is 0 Å². The number of aliphatic hydroxyl groups is 1. The van der Waals surface area contributed by atoms with Crippen molar-refractivity contribution in [1.29, 1.82) is 0 Å². The van der Waals surface area contributed by atoms with Crippen LogP contribution in [0.25, 0.3) is 0 Å². The van der Waals surface area contributed by atoms with Crippen LogP contribution in [0.4, 0.5) is 0 Å². The van der Waals surface area contributed by atoms with Crippen molar-refractivity contribution in [1.82, 2.24) is 0 Å². The van der Waals surface area contributed by atoms with Crippen molar-refractivity contribution in [3.05, 3.63) is 22.3 Å². The Kier molecular flexibility index (Phi) is 4.44. The minimum Gasteiger partial charge on any atom is -0.392 e. The van der Waals surface area contributed by atoms with E-state index in [1.54, 1.807) is 10.2 Å². The Labute approximate surface area is 56.9 Å². The van der Waals surface area contributed by atoms with Gasteiger partial charge in [-0.1, -0.05) is 35.2 Å². The maximum atomic E-state index is 8.38. The van der Waals surface area contributed by atoms with Crippen LogP contribution in [0.5, 0.6) is 0 Å². The average molecular weight is 210 g/mol. The molecule has 0 saturated heterocycles. The zero-order valence-corrected chi connectivity index (χ0v) is 6.05. The van der Waals surface area contributed by atoms with E-state index >= 15 is 0 Å². The molecule has 1 N–H and O–H groups in total. The second-order valence-electron chi connectivity index (χ2n) is 1.05. The van der Waals surface area contributed by atoms with Crippen molar-refractivity contribution in [3.63, 3.8) is 0 Å². The van der Waals surface area contributed by atoms with Crippen LogP contribution in [0.1, 0.15) is 0 Å². The first-order valence-corrected chi connectivity index (χ1v) is 3.12. The highest BCUT2D eigenvalue weighted by atomic mass is 127. The molecule has 0 saturated carbocycles. The Bertz CT molecular complexity index is 86.1. The van der Waals surface area contributed by atoms with Gasteiger partial charge in [0.2, 0.25) is 0 Å². The topological polar surface area (TPSA) is 20.2 Å². The van der Waals surface area contributed by atoms with E-state index in [0.717, 1.165) is 5.57 Å². The molecular formula is C5H7IO. The molecule has 7 heavy (non-hydrogen) atoms. The van der Waals surface area contributed by atoms with Crippen LogP contribution in [0.15, 0.2) is 22.3 Å². The molecule has 0 radical (unpaired) electrons. The standard InChI is InChI=1S/C5H7IO/c1-2-5(3-6)4-7/h2-3,7H,1,4H2. The van der Waals surface area contributed by atoms with Crippen molar-refractivity contribution in [3.8, 4) is 0 Å². The SMILES string of the molecule is C=CC(=CI)CO. The van der Waals surface area contributed by atoms with Gasteiger partial charge in [-0.05, 0) is 9.66 Å². The van der Waals surface area contributed by atoms with Gasteiger partial charge >= 0.3 is 0 Å². The summed E-state index contributed by atoms with van der Waals surface area (Å²) in [5.74, 6) is 0. The highest BCUT2D eigenvalue weighted by molar-refractivity contribution is 14.1. The van der Waals surface area contributed by atoms with Gasteiger partial charge in [0.15, 0.2) is 0 Å². The Morgan fingerprint density at radius 2 is 2.43 bits per heavy atom. The minimum atomic E-state index is 0.0897. The van der Waals surface area contributed by atoms with E-state index in [4.69, 9.17) is 5.11 Å². The van der Waals surface area contributed by atoms with Crippen LogP contribution in [0.3, 0.4) is 0 Å². The fourth-order valence-corrected chi connectivity index (χ4v) is 0.595. The number of halogens is 1. The molecule has 2 heteroatoms. The quantitative estimate of drug-likeness (QED) is 0.540. The first-order chi connectivity index (χ1) is 3.35. The fraction of sp³-hybridized carbons (Fsp3) is 0.200. The van der Waals surface area contributed by atoms with Gasteiger partial charge in [-0.3, -0.25) is 0 Å². The van der Waals surface area contributed by atoms with Crippen molar-refractivity contribution in [2.45, 2.75) is 0 Å². The van der Waals surface area contributed by atoms with Crippen LogP contribution < -0.4 is 0 Å². The van der Waals surface area contributed by atoms with Crippen LogP contribution >= 0.6 is 22.6 Å². The molecular weight excluding hydrogens is 203 g/mol. The molecule has 0 fully saturated rings. The van der Waals surface area contributed by atoms with Gasteiger partial charge in [-0.25, -0.2) is 0 Å². The van der Waals surface area contributed by atoms with Gasteiger partial charge in [-0.2, -0.15) is 0 Å². The summed E-state index contributed by atoms with van der Waals surface area (Å²) in [6.07, 6.45) is 1.63. The molecule has 0 heterocycles. The van der Waals surface area contributed by atoms with E-state index in [1.807, 2.05) is 0 Å². The summed E-state index contributed by atoms with van der Waals surface area (Å²) in [6, 6.07) is 0. The number of hydrogen-bond donors (Lipinski definition) is 1. The lowest BCUT2D eigenvalue weighted by atomic mass is 10.3. The zero-order valence-electron chi connectivity index (χ0n) is 3.89. The van der Waals surface area contributed by atoms with Gasteiger partial charge in [0, 0.05) is 0 Å². The predicted molar refractivity (Wildman–Crippen MR) is 39.4 cm³/mol. The van der Waals surface area contributed by atoms with E-state index in [-0.39, 0.29) is 6.61 Å². The van der Waals surface area contributed by atoms with Gasteiger partial charge in [0.05, 0.1) is 6.61 Å². The lowest BCUT2D eigenvalue weighted by Crippen LogP contribution is -1.81. The van der Waals surface area contributed by atoms with Crippen LogP contribution in [-0.2, 0) is 0 Å². The normalized spacial score (nSPS) is 11.4. The molecule has 0 atom stereocenters. The van der Waals surface area contributed by atoms with Crippen molar-refractivity contribution < 1.29 is 5.11 Å². The molecule has 0 aromatic carbocycles. The summed E-state index contributed by atoms with van der Waals surface area (Å²) < 4.78 is 1.80. The van der Waals surface area contributed by atoms with Crippen LogP contribution in [-0.4, -0.2) is 11.7 Å². The van der Waals surface area contributed by atoms with E-state index in [2.05, 4.69) is 29.2 Å². The maximum Gasteiger partial charge on any atom is 0.0686 e. The van der Waals surface area contributed by atoms with Crippen molar-refractivity contribution >= 4 is 22.6 Å². The Balaban J connectivity index is 3.60. The summed E-state index contributed by atoms with van der Waals surface area (Å²) in [6.45, 7) is 3.56. The monoisotopic (exact) mass is 210 g/mol. The van der Waals surface area contributed by atoms with E-state index in [1.165, 1.54) is 0 Å².